The third kappa shape index (κ3) is 4.83. The summed E-state index contributed by atoms with van der Waals surface area (Å²) < 4.78 is 5.53. The van der Waals surface area contributed by atoms with Gasteiger partial charge in [0.15, 0.2) is 11.1 Å². The lowest BCUT2D eigenvalue weighted by molar-refractivity contribution is 0.0822. The van der Waals surface area contributed by atoms with E-state index in [2.05, 4.69) is 0 Å². The Labute approximate surface area is 193 Å². The van der Waals surface area contributed by atoms with Gasteiger partial charge in [0.25, 0.3) is 0 Å². The molecule has 0 amide bonds. The van der Waals surface area contributed by atoms with Crippen LogP contribution in [0.3, 0.4) is 0 Å². The summed E-state index contributed by atoms with van der Waals surface area (Å²) in [4.78, 5) is 0. The lowest BCUT2D eigenvalue weighted by Gasteiger charge is -2.20. The molecule has 11 heteroatoms. The van der Waals surface area contributed by atoms with Crippen LogP contribution in [0.1, 0.15) is 22.3 Å². The highest BCUT2D eigenvalue weighted by molar-refractivity contribution is 6.53. The highest BCUT2D eigenvalue weighted by Crippen LogP contribution is 2.46. The zero-order valence-electron chi connectivity index (χ0n) is 11.5. The molecule has 0 aliphatic heterocycles. The van der Waals surface area contributed by atoms with Gasteiger partial charge in [0.1, 0.15) is 0 Å². The molecule has 2 unspecified atom stereocenters. The van der Waals surface area contributed by atoms with Gasteiger partial charge in [-0.25, -0.2) is 0 Å². The summed E-state index contributed by atoms with van der Waals surface area (Å²) >= 11 is 60.5. The highest BCUT2D eigenvalue weighted by Gasteiger charge is 2.25. The Balaban J connectivity index is 2.35. The molecule has 25 heavy (non-hydrogen) atoms. The smallest absolute Gasteiger partial charge is 0.160 e. The second kappa shape index (κ2) is 9.20. The van der Waals surface area contributed by atoms with Crippen LogP contribution >= 0.6 is 116 Å². The molecule has 0 bridgehead atoms. The van der Waals surface area contributed by atoms with Gasteiger partial charge in [-0.1, -0.05) is 116 Å². The first kappa shape index (κ1) is 22.6. The van der Waals surface area contributed by atoms with Crippen molar-refractivity contribution >= 4 is 116 Å². The molecule has 2 rings (SSSR count). The minimum absolute atomic E-state index is 0.0434. The first-order valence-corrected chi connectivity index (χ1v) is 10.0. The average molecular weight is 543 g/mol. The molecule has 0 saturated heterocycles. The molecule has 0 N–H and O–H groups in total. The average Bonchev–Trinajstić information content (AvgIpc) is 2.57. The quantitative estimate of drug-likeness (QED) is 0.212. The molecule has 136 valence electrons. The fourth-order valence-electron chi connectivity index (χ4n) is 1.76. The van der Waals surface area contributed by atoms with E-state index in [-0.39, 0.29) is 51.3 Å². The van der Waals surface area contributed by atoms with Gasteiger partial charge in [0.05, 0.1) is 40.2 Å². The molecule has 2 aromatic carbocycles. The van der Waals surface area contributed by atoms with Crippen LogP contribution in [-0.2, 0) is 4.74 Å². The topological polar surface area (TPSA) is 9.23 Å². The summed E-state index contributed by atoms with van der Waals surface area (Å²) in [7, 11) is 0. The fraction of sp³-hybridized carbons (Fsp3) is 0.143. The summed E-state index contributed by atoms with van der Waals surface area (Å²) in [6, 6.07) is 2.84. The number of ether oxygens (including phenoxy) is 1. The zero-order chi connectivity index (χ0) is 19.0. The SMILES string of the molecule is Clc1cc(C(Cl)OC(Cl)c2cc(Cl)c(Cl)c(Cl)c2Cl)c(Cl)c(Cl)c1Cl. The predicted octanol–water partition coefficient (Wildman–Crippen LogP) is 10.1. The standard InChI is InChI=1S/C14H4Cl10O/c15-5-1-3(7(17)11(21)9(5)19)13(23)25-14(24)4-2-6(16)10(20)12(22)8(4)18/h1-2,13-14H. The number of halogens is 10. The van der Waals surface area contributed by atoms with Gasteiger partial charge >= 0.3 is 0 Å². The molecule has 0 aliphatic rings. The zero-order valence-corrected chi connectivity index (χ0v) is 19.1. The maximum absolute atomic E-state index is 6.23. The normalized spacial score (nSPS) is 13.8. The van der Waals surface area contributed by atoms with Gasteiger partial charge in [-0.2, -0.15) is 0 Å². The Morgan fingerprint density at radius 1 is 0.520 bits per heavy atom. The van der Waals surface area contributed by atoms with Crippen molar-refractivity contribution in [3.63, 3.8) is 0 Å². The first-order valence-electron chi connectivity index (χ1n) is 6.15. The number of hydrogen-bond donors (Lipinski definition) is 0. The Bertz CT molecular complexity index is 755. The van der Waals surface area contributed by atoms with Gasteiger partial charge in [-0.05, 0) is 12.1 Å². The molecule has 2 aromatic rings. The lowest BCUT2D eigenvalue weighted by Crippen LogP contribution is -2.04. The molecule has 0 radical (unpaired) electrons. The molecular weight excluding hydrogens is 539 g/mol. The van der Waals surface area contributed by atoms with E-state index in [1.165, 1.54) is 12.1 Å². The van der Waals surface area contributed by atoms with E-state index in [0.29, 0.717) is 0 Å². The monoisotopic (exact) mass is 538 g/mol. The summed E-state index contributed by atoms with van der Waals surface area (Å²) in [6.07, 6.45) is 0. The van der Waals surface area contributed by atoms with Crippen LogP contribution in [0.5, 0.6) is 0 Å². The van der Waals surface area contributed by atoms with E-state index in [4.69, 9.17) is 121 Å². The van der Waals surface area contributed by atoms with Crippen LogP contribution in [0, 0.1) is 0 Å². The molecule has 0 aromatic heterocycles. The Morgan fingerprint density at radius 2 is 0.840 bits per heavy atom. The van der Waals surface area contributed by atoms with Crippen molar-refractivity contribution in [1.82, 2.24) is 0 Å². The second-order valence-corrected chi connectivity index (χ2v) is 8.42. The Kier molecular flexibility index (Phi) is 8.31. The van der Waals surface area contributed by atoms with Crippen molar-refractivity contribution in [2.75, 3.05) is 0 Å². The van der Waals surface area contributed by atoms with Crippen LogP contribution in [0.15, 0.2) is 12.1 Å². The maximum Gasteiger partial charge on any atom is 0.160 e. The fourth-order valence-corrected chi connectivity index (χ4v) is 4.31. The summed E-state index contributed by atoms with van der Waals surface area (Å²) in [5, 5.41) is 0.759. The Hall–Kier alpha value is 1.30. The van der Waals surface area contributed by atoms with Gasteiger partial charge in [-0.3, -0.25) is 0 Å². The molecule has 1 nitrogen and oxygen atoms in total. The third-order valence-corrected chi connectivity index (χ3v) is 7.20. The van der Waals surface area contributed by atoms with Gasteiger partial charge in [0.2, 0.25) is 0 Å². The maximum atomic E-state index is 6.23. The summed E-state index contributed by atoms with van der Waals surface area (Å²) in [5.41, 5.74) is -1.69. The first-order chi connectivity index (χ1) is 11.6. The van der Waals surface area contributed by atoms with Crippen LogP contribution in [0.25, 0.3) is 0 Å². The van der Waals surface area contributed by atoms with E-state index in [0.717, 1.165) is 0 Å². The van der Waals surface area contributed by atoms with Crippen molar-refractivity contribution in [2.45, 2.75) is 11.1 Å². The van der Waals surface area contributed by atoms with E-state index >= 15 is 0 Å². The van der Waals surface area contributed by atoms with E-state index < -0.39 is 11.1 Å². The van der Waals surface area contributed by atoms with E-state index in [1.807, 2.05) is 0 Å². The molecule has 0 fully saturated rings. The van der Waals surface area contributed by atoms with Crippen LogP contribution in [0.2, 0.25) is 40.2 Å². The van der Waals surface area contributed by atoms with Crippen molar-refractivity contribution in [3.05, 3.63) is 63.4 Å². The molecule has 0 heterocycles. The number of alkyl halides is 2. The molecular formula is C14H4Cl10O. The summed E-state index contributed by atoms with van der Waals surface area (Å²) in [6.45, 7) is 0. The third-order valence-electron chi connectivity index (χ3n) is 2.99. The van der Waals surface area contributed by atoms with Crippen molar-refractivity contribution < 1.29 is 4.74 Å². The summed E-state index contributed by atoms with van der Waals surface area (Å²) in [5.74, 6) is 0. The van der Waals surface area contributed by atoms with E-state index in [1.54, 1.807) is 0 Å². The number of benzene rings is 2. The predicted molar refractivity (Wildman–Crippen MR) is 111 cm³/mol. The highest BCUT2D eigenvalue weighted by atomic mass is 35.5. The van der Waals surface area contributed by atoms with Crippen molar-refractivity contribution in [3.8, 4) is 0 Å². The minimum atomic E-state index is -1.12. The minimum Gasteiger partial charge on any atom is -0.335 e. The molecule has 0 saturated carbocycles. The number of rotatable bonds is 4. The van der Waals surface area contributed by atoms with Crippen LogP contribution < -0.4 is 0 Å². The lowest BCUT2D eigenvalue weighted by atomic mass is 10.2. The van der Waals surface area contributed by atoms with Crippen LogP contribution in [-0.4, -0.2) is 0 Å². The van der Waals surface area contributed by atoms with Crippen LogP contribution in [0.4, 0.5) is 0 Å². The molecule has 2 atom stereocenters. The molecule has 0 spiro atoms. The largest absolute Gasteiger partial charge is 0.335 e. The van der Waals surface area contributed by atoms with E-state index in [9.17, 15) is 0 Å². The van der Waals surface area contributed by atoms with Crippen molar-refractivity contribution in [2.24, 2.45) is 0 Å². The van der Waals surface area contributed by atoms with Gasteiger partial charge < -0.3 is 4.74 Å². The molecule has 0 aliphatic carbocycles. The van der Waals surface area contributed by atoms with Gasteiger partial charge in [0, 0.05) is 11.1 Å². The Morgan fingerprint density at radius 3 is 1.16 bits per heavy atom. The second-order valence-electron chi connectivity index (χ2n) is 4.55. The van der Waals surface area contributed by atoms with Crippen molar-refractivity contribution in [1.29, 1.82) is 0 Å². The van der Waals surface area contributed by atoms with Gasteiger partial charge in [-0.15, -0.1) is 0 Å². The number of hydrogen-bond acceptors (Lipinski definition) is 1.